The van der Waals surface area contributed by atoms with E-state index in [1.54, 1.807) is 0 Å². The van der Waals surface area contributed by atoms with Crippen molar-refractivity contribution >= 4 is 20.2 Å². The molecule has 0 saturated heterocycles. The summed E-state index contributed by atoms with van der Waals surface area (Å²) in [6.07, 6.45) is 0.448. The van der Waals surface area contributed by atoms with Crippen LogP contribution in [0.1, 0.15) is 6.92 Å². The van der Waals surface area contributed by atoms with Crippen molar-refractivity contribution in [2.24, 2.45) is 5.73 Å². The van der Waals surface area contributed by atoms with E-state index in [2.05, 4.69) is 0 Å². The van der Waals surface area contributed by atoms with Crippen LogP contribution in [0.4, 0.5) is 0 Å². The van der Waals surface area contributed by atoms with E-state index in [0.717, 1.165) is 5.19 Å². The quantitative estimate of drug-likeness (QED) is 0.672. The first-order valence-electron chi connectivity index (χ1n) is 4.16. The lowest BCUT2D eigenvalue weighted by Gasteiger charge is -2.12. The maximum atomic E-state index is 10.7. The summed E-state index contributed by atoms with van der Waals surface area (Å²) < 4.78 is 5.16. The standard InChI is InChI=1S/C9H13NO2Si/c1-8(11)12-13(7-10)9-5-3-2-4-6-9/h2-6,13H,7,10H2,1H3. The van der Waals surface area contributed by atoms with E-state index in [4.69, 9.17) is 10.2 Å². The molecule has 13 heavy (non-hydrogen) atoms. The van der Waals surface area contributed by atoms with Crippen molar-refractivity contribution in [1.82, 2.24) is 0 Å². The van der Waals surface area contributed by atoms with Crippen molar-refractivity contribution in [3.05, 3.63) is 30.3 Å². The molecule has 70 valence electrons. The van der Waals surface area contributed by atoms with Crippen molar-refractivity contribution in [2.45, 2.75) is 6.92 Å². The number of carbonyl (C=O) groups is 1. The summed E-state index contributed by atoms with van der Waals surface area (Å²) >= 11 is 0. The minimum atomic E-state index is -1.70. The molecule has 0 fully saturated rings. The number of benzene rings is 1. The van der Waals surface area contributed by atoms with Gasteiger partial charge in [-0.2, -0.15) is 0 Å². The van der Waals surface area contributed by atoms with E-state index in [1.165, 1.54) is 6.92 Å². The summed E-state index contributed by atoms with van der Waals surface area (Å²) in [7, 11) is -1.70. The fourth-order valence-corrected chi connectivity index (χ4v) is 2.68. The summed E-state index contributed by atoms with van der Waals surface area (Å²) in [4.78, 5) is 10.7. The van der Waals surface area contributed by atoms with Gasteiger partial charge in [0, 0.05) is 13.1 Å². The third-order valence-electron chi connectivity index (χ3n) is 1.69. The molecular weight excluding hydrogens is 182 g/mol. The first-order valence-corrected chi connectivity index (χ1v) is 6.03. The normalized spacial score (nSPS) is 12.2. The van der Waals surface area contributed by atoms with E-state index >= 15 is 0 Å². The highest BCUT2D eigenvalue weighted by Crippen LogP contribution is 1.90. The van der Waals surface area contributed by atoms with Crippen LogP contribution in [0.15, 0.2) is 30.3 Å². The average Bonchev–Trinajstić information content (AvgIpc) is 2.15. The molecule has 0 radical (unpaired) electrons. The summed E-state index contributed by atoms with van der Waals surface area (Å²) in [6, 6.07) is 9.68. The number of carbonyl (C=O) groups excluding carboxylic acids is 1. The van der Waals surface area contributed by atoms with Gasteiger partial charge in [0.25, 0.3) is 15.0 Å². The van der Waals surface area contributed by atoms with Crippen LogP contribution < -0.4 is 10.9 Å². The SMILES string of the molecule is CC(=O)O[SiH](CN)c1ccccc1. The Labute approximate surface area is 79.2 Å². The van der Waals surface area contributed by atoms with Gasteiger partial charge in [-0.15, -0.1) is 0 Å². The predicted octanol–water partition coefficient (Wildman–Crippen LogP) is -0.322. The zero-order valence-electron chi connectivity index (χ0n) is 7.57. The molecule has 1 rings (SSSR count). The van der Waals surface area contributed by atoms with Gasteiger partial charge >= 0.3 is 0 Å². The molecule has 3 nitrogen and oxygen atoms in total. The van der Waals surface area contributed by atoms with Crippen LogP contribution in [0.2, 0.25) is 0 Å². The molecule has 1 atom stereocenters. The molecule has 0 aliphatic carbocycles. The summed E-state index contributed by atoms with van der Waals surface area (Å²) in [5.41, 5.74) is 5.54. The van der Waals surface area contributed by atoms with Crippen LogP contribution >= 0.6 is 0 Å². The highest BCUT2D eigenvalue weighted by molar-refractivity contribution is 6.68. The molecule has 0 bridgehead atoms. The highest BCUT2D eigenvalue weighted by Gasteiger charge is 2.14. The Balaban J connectivity index is 2.73. The molecule has 0 heterocycles. The average molecular weight is 195 g/mol. The van der Waals surface area contributed by atoms with Gasteiger partial charge in [-0.1, -0.05) is 30.3 Å². The lowest BCUT2D eigenvalue weighted by molar-refractivity contribution is -0.132. The second kappa shape index (κ2) is 4.79. The number of nitrogens with two attached hydrogens (primary N) is 1. The first kappa shape index (κ1) is 9.95. The Morgan fingerprint density at radius 2 is 2.08 bits per heavy atom. The predicted molar refractivity (Wildman–Crippen MR) is 54.0 cm³/mol. The van der Waals surface area contributed by atoms with Crippen molar-refractivity contribution in [3.8, 4) is 0 Å². The van der Waals surface area contributed by atoms with Crippen LogP contribution in [-0.2, 0) is 9.22 Å². The van der Waals surface area contributed by atoms with Crippen molar-refractivity contribution in [3.63, 3.8) is 0 Å². The van der Waals surface area contributed by atoms with Gasteiger partial charge in [0.2, 0.25) is 0 Å². The maximum Gasteiger partial charge on any atom is 0.289 e. The second-order valence-electron chi connectivity index (χ2n) is 2.74. The molecule has 0 aromatic heterocycles. The van der Waals surface area contributed by atoms with Gasteiger partial charge in [-0.3, -0.25) is 4.79 Å². The lowest BCUT2D eigenvalue weighted by Crippen LogP contribution is -2.42. The van der Waals surface area contributed by atoms with Crippen LogP contribution in [0.5, 0.6) is 0 Å². The third kappa shape index (κ3) is 3.00. The van der Waals surface area contributed by atoms with Crippen LogP contribution in [0.25, 0.3) is 0 Å². The third-order valence-corrected chi connectivity index (χ3v) is 3.87. The smallest absolute Gasteiger partial charge is 0.289 e. The zero-order chi connectivity index (χ0) is 9.68. The largest absolute Gasteiger partial charge is 0.516 e. The summed E-state index contributed by atoms with van der Waals surface area (Å²) in [6.45, 7) is 1.42. The molecule has 0 saturated carbocycles. The van der Waals surface area contributed by atoms with Gasteiger partial charge in [-0.05, 0) is 5.19 Å². The van der Waals surface area contributed by atoms with Gasteiger partial charge in [0.15, 0.2) is 0 Å². The van der Waals surface area contributed by atoms with Crippen molar-refractivity contribution in [2.75, 3.05) is 6.17 Å². The Bertz CT molecular complexity index is 276. The fourth-order valence-electron chi connectivity index (χ4n) is 1.12. The fraction of sp³-hybridized carbons (Fsp3) is 0.222. The molecule has 1 unspecified atom stereocenters. The van der Waals surface area contributed by atoms with Crippen molar-refractivity contribution < 1.29 is 9.22 Å². The molecule has 2 N–H and O–H groups in total. The second-order valence-corrected chi connectivity index (χ2v) is 5.10. The van der Waals surface area contributed by atoms with Gasteiger partial charge in [-0.25, -0.2) is 0 Å². The topological polar surface area (TPSA) is 52.3 Å². The van der Waals surface area contributed by atoms with E-state index in [0.29, 0.717) is 6.17 Å². The molecule has 0 spiro atoms. The minimum absolute atomic E-state index is 0.244. The number of hydrogen-bond donors (Lipinski definition) is 1. The van der Waals surface area contributed by atoms with Crippen LogP contribution in [0.3, 0.4) is 0 Å². The van der Waals surface area contributed by atoms with Gasteiger partial charge in [0.05, 0.1) is 0 Å². The maximum absolute atomic E-state index is 10.7. The van der Waals surface area contributed by atoms with Crippen LogP contribution in [0, 0.1) is 0 Å². The number of hydrogen-bond acceptors (Lipinski definition) is 3. The van der Waals surface area contributed by atoms with Crippen LogP contribution in [-0.4, -0.2) is 21.2 Å². The monoisotopic (exact) mass is 195 g/mol. The zero-order valence-corrected chi connectivity index (χ0v) is 8.72. The molecular formula is C9H13NO2Si. The Hall–Kier alpha value is -1.13. The molecule has 0 amide bonds. The summed E-state index contributed by atoms with van der Waals surface area (Å²) in [5, 5.41) is 1.07. The van der Waals surface area contributed by atoms with E-state index in [9.17, 15) is 4.79 Å². The minimum Gasteiger partial charge on any atom is -0.516 e. The molecule has 0 aliphatic rings. The molecule has 4 heteroatoms. The Morgan fingerprint density at radius 1 is 1.46 bits per heavy atom. The van der Waals surface area contributed by atoms with Gasteiger partial charge in [0.1, 0.15) is 0 Å². The van der Waals surface area contributed by atoms with Gasteiger partial charge < -0.3 is 10.2 Å². The molecule has 1 aromatic rings. The first-order chi connectivity index (χ1) is 6.24. The van der Waals surface area contributed by atoms with E-state index in [-0.39, 0.29) is 5.97 Å². The Kier molecular flexibility index (Phi) is 3.66. The van der Waals surface area contributed by atoms with E-state index < -0.39 is 9.04 Å². The lowest BCUT2D eigenvalue weighted by atomic mass is 10.4. The van der Waals surface area contributed by atoms with E-state index in [1.807, 2.05) is 30.3 Å². The molecule has 1 aromatic carbocycles. The summed E-state index contributed by atoms with van der Waals surface area (Å²) in [5.74, 6) is -0.244. The number of rotatable bonds is 3. The highest BCUT2D eigenvalue weighted by atomic mass is 28.3. The molecule has 0 aliphatic heterocycles. The Morgan fingerprint density at radius 3 is 2.54 bits per heavy atom. The van der Waals surface area contributed by atoms with Crippen molar-refractivity contribution in [1.29, 1.82) is 0 Å².